The average Bonchev–Trinajstić information content (AvgIpc) is 2.25. The summed E-state index contributed by atoms with van der Waals surface area (Å²) in [5.74, 6) is 0.963. The Morgan fingerprint density at radius 3 is 2.33 bits per heavy atom. The molecule has 90 valence electrons. The average molecular weight is 214 g/mol. The van der Waals surface area contributed by atoms with Crippen LogP contribution in [-0.4, -0.2) is 37.0 Å². The molecule has 0 heterocycles. The fourth-order valence-corrected chi connectivity index (χ4v) is 1.42. The first-order valence-corrected chi connectivity index (χ1v) is 6.14. The lowest BCUT2D eigenvalue weighted by Gasteiger charge is -2.18. The minimum absolute atomic E-state index is 0.261. The molecule has 3 nitrogen and oxygen atoms in total. The molecule has 15 heavy (non-hydrogen) atoms. The fourth-order valence-electron chi connectivity index (χ4n) is 1.42. The summed E-state index contributed by atoms with van der Waals surface area (Å²) < 4.78 is 0. The lowest BCUT2D eigenvalue weighted by molar-refractivity contribution is -0.130. The molecule has 0 aliphatic carbocycles. The summed E-state index contributed by atoms with van der Waals surface area (Å²) in [6, 6.07) is 0. The maximum Gasteiger partial charge on any atom is 0.223 e. The van der Waals surface area contributed by atoms with E-state index in [2.05, 4.69) is 19.2 Å². The Morgan fingerprint density at radius 2 is 1.87 bits per heavy atom. The summed E-state index contributed by atoms with van der Waals surface area (Å²) in [5, 5.41) is 3.32. The molecule has 0 rings (SSSR count). The Morgan fingerprint density at radius 1 is 1.27 bits per heavy atom. The minimum atomic E-state index is 0.261. The highest BCUT2D eigenvalue weighted by atomic mass is 16.2. The normalized spacial score (nSPS) is 12.5. The number of hydrogen-bond acceptors (Lipinski definition) is 2. The first-order valence-electron chi connectivity index (χ1n) is 6.14. The number of hydrogen-bond donors (Lipinski definition) is 1. The molecule has 0 fully saturated rings. The van der Waals surface area contributed by atoms with Gasteiger partial charge in [-0.3, -0.25) is 4.79 Å². The number of nitrogens with one attached hydrogen (secondary N) is 1. The highest BCUT2D eigenvalue weighted by molar-refractivity contribution is 5.76. The zero-order valence-corrected chi connectivity index (χ0v) is 10.7. The van der Waals surface area contributed by atoms with E-state index in [1.165, 1.54) is 6.42 Å². The molecular formula is C12H26N2O. The number of nitrogens with zero attached hydrogens (tertiary/aromatic N) is 1. The van der Waals surface area contributed by atoms with Crippen LogP contribution in [0.5, 0.6) is 0 Å². The van der Waals surface area contributed by atoms with Crippen LogP contribution in [0.15, 0.2) is 0 Å². The second-order valence-corrected chi connectivity index (χ2v) is 4.03. The van der Waals surface area contributed by atoms with E-state index in [4.69, 9.17) is 0 Å². The molecule has 1 unspecified atom stereocenters. The van der Waals surface area contributed by atoms with Crippen molar-refractivity contribution < 1.29 is 4.79 Å². The molecule has 0 aromatic carbocycles. The van der Waals surface area contributed by atoms with Crippen molar-refractivity contribution in [2.45, 2.75) is 40.5 Å². The Labute approximate surface area is 94.2 Å². The molecule has 0 bridgehead atoms. The number of amides is 1. The van der Waals surface area contributed by atoms with Crippen LogP contribution in [0.3, 0.4) is 0 Å². The van der Waals surface area contributed by atoms with E-state index in [1.54, 1.807) is 0 Å². The Hall–Kier alpha value is -0.570. The second kappa shape index (κ2) is 8.72. The molecule has 3 heteroatoms. The molecule has 0 aliphatic heterocycles. The van der Waals surface area contributed by atoms with E-state index in [9.17, 15) is 4.79 Å². The van der Waals surface area contributed by atoms with Gasteiger partial charge >= 0.3 is 0 Å². The minimum Gasteiger partial charge on any atom is -0.343 e. The van der Waals surface area contributed by atoms with Crippen molar-refractivity contribution in [2.24, 2.45) is 5.92 Å². The Balaban J connectivity index is 3.54. The fraction of sp³-hybridized carbons (Fsp3) is 0.917. The number of carbonyl (C=O) groups excluding carboxylic acids is 1. The zero-order valence-electron chi connectivity index (χ0n) is 10.7. The van der Waals surface area contributed by atoms with Crippen molar-refractivity contribution in [3.8, 4) is 0 Å². The summed E-state index contributed by atoms with van der Waals surface area (Å²) in [6.45, 7) is 11.9. The summed E-state index contributed by atoms with van der Waals surface area (Å²) >= 11 is 0. The van der Waals surface area contributed by atoms with Crippen molar-refractivity contribution in [2.75, 3.05) is 26.2 Å². The molecule has 0 spiro atoms. The monoisotopic (exact) mass is 214 g/mol. The third kappa shape index (κ3) is 6.50. The van der Waals surface area contributed by atoms with Crippen molar-refractivity contribution in [3.05, 3.63) is 0 Å². The molecule has 0 aromatic rings. The van der Waals surface area contributed by atoms with Crippen LogP contribution in [0.2, 0.25) is 0 Å². The van der Waals surface area contributed by atoms with Gasteiger partial charge in [-0.1, -0.05) is 20.3 Å². The predicted molar refractivity (Wildman–Crippen MR) is 64.9 cm³/mol. The lowest BCUT2D eigenvalue weighted by Crippen LogP contribution is -2.33. The molecule has 1 amide bonds. The second-order valence-electron chi connectivity index (χ2n) is 4.03. The van der Waals surface area contributed by atoms with Crippen molar-refractivity contribution in [3.63, 3.8) is 0 Å². The third-order valence-electron chi connectivity index (χ3n) is 2.82. The highest BCUT2D eigenvalue weighted by Gasteiger charge is 2.08. The molecule has 0 saturated carbocycles. The van der Waals surface area contributed by atoms with Gasteiger partial charge in [0.05, 0.1) is 0 Å². The molecule has 1 N–H and O–H groups in total. The molecule has 1 atom stereocenters. The number of carbonyl (C=O) groups is 1. The van der Waals surface area contributed by atoms with Gasteiger partial charge in [-0.2, -0.15) is 0 Å². The van der Waals surface area contributed by atoms with Gasteiger partial charge in [0.1, 0.15) is 0 Å². The summed E-state index contributed by atoms with van der Waals surface area (Å²) in [6.07, 6.45) is 1.81. The maximum absolute atomic E-state index is 11.6. The first kappa shape index (κ1) is 14.4. The van der Waals surface area contributed by atoms with E-state index in [0.29, 0.717) is 12.3 Å². The van der Waals surface area contributed by atoms with Gasteiger partial charge < -0.3 is 10.2 Å². The largest absolute Gasteiger partial charge is 0.343 e. The highest BCUT2D eigenvalue weighted by Crippen LogP contribution is 1.97. The van der Waals surface area contributed by atoms with Crippen molar-refractivity contribution >= 4 is 5.91 Å². The molecule has 0 aliphatic rings. The standard InChI is InChI=1S/C12H26N2O/c1-5-11(4)10-13-9-8-12(15)14(6-2)7-3/h11,13H,5-10H2,1-4H3. The van der Waals surface area contributed by atoms with E-state index in [0.717, 1.165) is 26.2 Å². The van der Waals surface area contributed by atoms with Gasteiger partial charge in [-0.25, -0.2) is 0 Å². The maximum atomic E-state index is 11.6. The van der Waals surface area contributed by atoms with E-state index in [1.807, 2.05) is 18.7 Å². The van der Waals surface area contributed by atoms with Gasteiger partial charge in [0.25, 0.3) is 0 Å². The van der Waals surface area contributed by atoms with Crippen LogP contribution < -0.4 is 5.32 Å². The molecule has 0 radical (unpaired) electrons. The van der Waals surface area contributed by atoms with Gasteiger partial charge in [0, 0.05) is 26.1 Å². The summed E-state index contributed by atoms with van der Waals surface area (Å²) in [7, 11) is 0. The van der Waals surface area contributed by atoms with Crippen LogP contribution in [-0.2, 0) is 4.79 Å². The quantitative estimate of drug-likeness (QED) is 0.626. The van der Waals surface area contributed by atoms with E-state index < -0.39 is 0 Å². The smallest absolute Gasteiger partial charge is 0.223 e. The number of rotatable bonds is 8. The van der Waals surface area contributed by atoms with E-state index >= 15 is 0 Å². The van der Waals surface area contributed by atoms with Crippen LogP contribution in [0.25, 0.3) is 0 Å². The molecule has 0 saturated heterocycles. The van der Waals surface area contributed by atoms with Crippen LogP contribution in [0.4, 0.5) is 0 Å². The lowest BCUT2D eigenvalue weighted by atomic mass is 10.1. The Bertz CT molecular complexity index is 167. The van der Waals surface area contributed by atoms with Gasteiger partial charge in [0.15, 0.2) is 0 Å². The van der Waals surface area contributed by atoms with Crippen LogP contribution >= 0.6 is 0 Å². The van der Waals surface area contributed by atoms with E-state index in [-0.39, 0.29) is 5.91 Å². The summed E-state index contributed by atoms with van der Waals surface area (Å²) in [4.78, 5) is 13.5. The zero-order chi connectivity index (χ0) is 11.7. The predicted octanol–water partition coefficient (Wildman–Crippen LogP) is 1.88. The van der Waals surface area contributed by atoms with Crippen LogP contribution in [0, 0.1) is 5.92 Å². The van der Waals surface area contributed by atoms with Crippen LogP contribution in [0.1, 0.15) is 40.5 Å². The SMILES string of the molecule is CCC(C)CNCCC(=O)N(CC)CC. The third-order valence-corrected chi connectivity index (χ3v) is 2.82. The van der Waals surface area contributed by atoms with Gasteiger partial charge in [-0.15, -0.1) is 0 Å². The molecular weight excluding hydrogens is 188 g/mol. The van der Waals surface area contributed by atoms with Crippen molar-refractivity contribution in [1.29, 1.82) is 0 Å². The topological polar surface area (TPSA) is 32.3 Å². The Kier molecular flexibility index (Phi) is 8.38. The van der Waals surface area contributed by atoms with Crippen molar-refractivity contribution in [1.82, 2.24) is 10.2 Å². The van der Waals surface area contributed by atoms with Gasteiger partial charge in [0.2, 0.25) is 5.91 Å². The summed E-state index contributed by atoms with van der Waals surface area (Å²) in [5.41, 5.74) is 0. The van der Waals surface area contributed by atoms with Gasteiger partial charge in [-0.05, 0) is 26.3 Å². The molecule has 0 aromatic heterocycles. The first-order chi connectivity index (χ1) is 7.15.